The van der Waals surface area contributed by atoms with E-state index in [0.717, 1.165) is 17.1 Å². The van der Waals surface area contributed by atoms with Gasteiger partial charge in [0.1, 0.15) is 6.33 Å². The Kier molecular flexibility index (Phi) is 4.36. The fourth-order valence-electron chi connectivity index (χ4n) is 3.19. The van der Waals surface area contributed by atoms with Gasteiger partial charge < -0.3 is 0 Å². The normalized spacial score (nSPS) is 11.5. The van der Waals surface area contributed by atoms with E-state index in [-0.39, 0.29) is 5.41 Å². The Morgan fingerprint density at radius 3 is 1.89 bits per heavy atom. The third-order valence-electron chi connectivity index (χ3n) is 4.81. The summed E-state index contributed by atoms with van der Waals surface area (Å²) in [5.74, 6) is 0.850. The zero-order valence-corrected chi connectivity index (χ0v) is 15.9. The lowest BCUT2D eigenvalue weighted by Gasteiger charge is -2.19. The molecule has 3 aromatic carbocycles. The molecule has 0 saturated carbocycles. The molecule has 0 aliphatic rings. The van der Waals surface area contributed by atoms with E-state index in [1.807, 2.05) is 10.6 Å². The van der Waals surface area contributed by atoms with Gasteiger partial charge in [-0.2, -0.15) is 0 Å². The van der Waals surface area contributed by atoms with E-state index in [0.29, 0.717) is 0 Å². The van der Waals surface area contributed by atoms with E-state index in [4.69, 9.17) is 0 Å². The lowest BCUT2D eigenvalue weighted by atomic mass is 9.87. The average Bonchev–Trinajstić information content (AvgIpc) is 3.18. The van der Waals surface area contributed by atoms with Crippen LogP contribution in [0.4, 0.5) is 0 Å². The molecule has 0 fully saturated rings. The van der Waals surface area contributed by atoms with Crippen molar-refractivity contribution in [3.8, 4) is 28.2 Å². The molecular weight excluding hydrogens is 330 g/mol. The molecule has 4 aromatic rings. The van der Waals surface area contributed by atoms with Crippen molar-refractivity contribution in [1.29, 1.82) is 0 Å². The molecule has 134 valence electrons. The predicted molar refractivity (Wildman–Crippen MR) is 111 cm³/mol. The second-order valence-corrected chi connectivity index (χ2v) is 7.76. The van der Waals surface area contributed by atoms with Gasteiger partial charge >= 0.3 is 0 Å². The molecule has 0 spiro atoms. The van der Waals surface area contributed by atoms with Gasteiger partial charge in [0.15, 0.2) is 5.82 Å². The molecule has 0 aliphatic carbocycles. The quantitative estimate of drug-likeness (QED) is 0.459. The minimum Gasteiger partial charge on any atom is -0.282 e. The molecule has 27 heavy (non-hydrogen) atoms. The van der Waals surface area contributed by atoms with Crippen LogP contribution in [0, 0.1) is 0 Å². The molecule has 1 aromatic heterocycles. The van der Waals surface area contributed by atoms with Crippen molar-refractivity contribution >= 4 is 0 Å². The summed E-state index contributed by atoms with van der Waals surface area (Å²) >= 11 is 0. The molecule has 3 nitrogen and oxygen atoms in total. The fourth-order valence-corrected chi connectivity index (χ4v) is 3.19. The summed E-state index contributed by atoms with van der Waals surface area (Å²) in [7, 11) is 0. The highest BCUT2D eigenvalue weighted by molar-refractivity contribution is 5.65. The van der Waals surface area contributed by atoms with E-state index in [1.54, 1.807) is 6.33 Å². The number of rotatable bonds is 3. The minimum absolute atomic E-state index is 0.138. The van der Waals surface area contributed by atoms with E-state index in [2.05, 4.69) is 104 Å². The van der Waals surface area contributed by atoms with Crippen molar-refractivity contribution in [3.05, 3.63) is 90.8 Å². The maximum Gasteiger partial charge on any atom is 0.168 e. The number of hydrogen-bond acceptors (Lipinski definition) is 2. The van der Waals surface area contributed by atoms with Crippen molar-refractivity contribution in [2.24, 2.45) is 0 Å². The Bertz CT molecular complexity index is 1020. The van der Waals surface area contributed by atoms with Crippen molar-refractivity contribution in [2.75, 3.05) is 0 Å². The second kappa shape index (κ2) is 6.84. The molecule has 0 bridgehead atoms. The lowest BCUT2D eigenvalue weighted by molar-refractivity contribution is 0.590. The maximum absolute atomic E-state index is 4.35. The first-order valence-electron chi connectivity index (χ1n) is 9.19. The molecular formula is C24H23N3. The standard InChI is InChI=1S/C24H23N3/c1-24(2,3)21-13-9-20(10-14-21)23-26-25-17-27(23)22-15-11-19(12-16-22)18-7-5-4-6-8-18/h4-17H,1-3H3. The summed E-state index contributed by atoms with van der Waals surface area (Å²) < 4.78 is 2.03. The molecule has 3 heteroatoms. The molecule has 0 amide bonds. The van der Waals surface area contributed by atoms with Crippen LogP contribution in [0.25, 0.3) is 28.2 Å². The molecule has 0 saturated heterocycles. The van der Waals surface area contributed by atoms with Crippen LogP contribution >= 0.6 is 0 Å². The number of hydrogen-bond donors (Lipinski definition) is 0. The highest BCUT2D eigenvalue weighted by atomic mass is 15.3. The largest absolute Gasteiger partial charge is 0.282 e. The zero-order chi connectivity index (χ0) is 18.9. The van der Waals surface area contributed by atoms with Crippen molar-refractivity contribution < 1.29 is 0 Å². The van der Waals surface area contributed by atoms with Gasteiger partial charge in [0.05, 0.1) is 0 Å². The van der Waals surface area contributed by atoms with Crippen molar-refractivity contribution in [2.45, 2.75) is 26.2 Å². The van der Waals surface area contributed by atoms with Crippen LogP contribution in [0.15, 0.2) is 85.2 Å². The Labute approximate surface area is 160 Å². The van der Waals surface area contributed by atoms with E-state index in [1.165, 1.54) is 16.7 Å². The Hall–Kier alpha value is -3.20. The van der Waals surface area contributed by atoms with Crippen LogP contribution < -0.4 is 0 Å². The first-order chi connectivity index (χ1) is 13.0. The summed E-state index contributed by atoms with van der Waals surface area (Å²) in [5, 5.41) is 8.49. The van der Waals surface area contributed by atoms with Crippen LogP contribution in [-0.4, -0.2) is 14.8 Å². The molecule has 1 heterocycles. The van der Waals surface area contributed by atoms with Gasteiger partial charge in [0.25, 0.3) is 0 Å². The first-order valence-corrected chi connectivity index (χ1v) is 9.19. The Morgan fingerprint density at radius 2 is 1.26 bits per heavy atom. The molecule has 0 radical (unpaired) electrons. The number of aromatic nitrogens is 3. The fraction of sp³-hybridized carbons (Fsp3) is 0.167. The third-order valence-corrected chi connectivity index (χ3v) is 4.81. The predicted octanol–water partition coefficient (Wildman–Crippen LogP) is 5.90. The van der Waals surface area contributed by atoms with Gasteiger partial charge in [-0.05, 0) is 34.2 Å². The van der Waals surface area contributed by atoms with Crippen LogP contribution in [0.2, 0.25) is 0 Å². The molecule has 0 unspecified atom stereocenters. The van der Waals surface area contributed by atoms with Crippen LogP contribution in [0.3, 0.4) is 0 Å². The van der Waals surface area contributed by atoms with Crippen molar-refractivity contribution in [3.63, 3.8) is 0 Å². The van der Waals surface area contributed by atoms with E-state index in [9.17, 15) is 0 Å². The van der Waals surface area contributed by atoms with Gasteiger partial charge in [-0.3, -0.25) is 4.57 Å². The summed E-state index contributed by atoms with van der Waals surface area (Å²) in [5.41, 5.74) is 5.97. The van der Waals surface area contributed by atoms with Crippen LogP contribution in [0.1, 0.15) is 26.3 Å². The summed E-state index contributed by atoms with van der Waals surface area (Å²) in [6, 6.07) is 27.5. The topological polar surface area (TPSA) is 30.7 Å². The van der Waals surface area contributed by atoms with Gasteiger partial charge in [-0.15, -0.1) is 10.2 Å². The molecule has 0 N–H and O–H groups in total. The lowest BCUT2D eigenvalue weighted by Crippen LogP contribution is -2.10. The van der Waals surface area contributed by atoms with E-state index >= 15 is 0 Å². The minimum atomic E-state index is 0.138. The summed E-state index contributed by atoms with van der Waals surface area (Å²) in [6.07, 6.45) is 1.77. The second-order valence-electron chi connectivity index (χ2n) is 7.76. The van der Waals surface area contributed by atoms with Crippen LogP contribution in [-0.2, 0) is 5.41 Å². The van der Waals surface area contributed by atoms with Gasteiger partial charge in [0.2, 0.25) is 0 Å². The first kappa shape index (κ1) is 17.2. The van der Waals surface area contributed by atoms with E-state index < -0.39 is 0 Å². The number of benzene rings is 3. The zero-order valence-electron chi connectivity index (χ0n) is 15.9. The highest BCUT2D eigenvalue weighted by Crippen LogP contribution is 2.27. The van der Waals surface area contributed by atoms with Gasteiger partial charge in [0, 0.05) is 11.3 Å². The SMILES string of the molecule is CC(C)(C)c1ccc(-c2nncn2-c2ccc(-c3ccccc3)cc2)cc1. The number of nitrogens with zero attached hydrogens (tertiary/aromatic N) is 3. The summed E-state index contributed by atoms with van der Waals surface area (Å²) in [6.45, 7) is 6.66. The Balaban J connectivity index is 1.66. The smallest absolute Gasteiger partial charge is 0.168 e. The highest BCUT2D eigenvalue weighted by Gasteiger charge is 2.15. The molecule has 0 atom stereocenters. The Morgan fingerprint density at radius 1 is 0.667 bits per heavy atom. The molecule has 0 aliphatic heterocycles. The molecule has 4 rings (SSSR count). The maximum atomic E-state index is 4.35. The van der Waals surface area contributed by atoms with Gasteiger partial charge in [-0.1, -0.05) is 87.5 Å². The van der Waals surface area contributed by atoms with Gasteiger partial charge in [-0.25, -0.2) is 0 Å². The third kappa shape index (κ3) is 3.54. The average molecular weight is 353 g/mol. The summed E-state index contributed by atoms with van der Waals surface area (Å²) in [4.78, 5) is 0. The van der Waals surface area contributed by atoms with Crippen LogP contribution in [0.5, 0.6) is 0 Å². The monoisotopic (exact) mass is 353 g/mol. The van der Waals surface area contributed by atoms with Crippen molar-refractivity contribution in [1.82, 2.24) is 14.8 Å².